The lowest BCUT2D eigenvalue weighted by Gasteiger charge is -2.22. The van der Waals surface area contributed by atoms with Crippen LogP contribution in [-0.2, 0) is 25.6 Å². The summed E-state index contributed by atoms with van der Waals surface area (Å²) >= 11 is 0. The molecule has 2 atom stereocenters. The summed E-state index contributed by atoms with van der Waals surface area (Å²) < 4.78 is 22.4. The van der Waals surface area contributed by atoms with Crippen molar-refractivity contribution in [2.24, 2.45) is 0 Å². The Morgan fingerprint density at radius 3 is 2.86 bits per heavy atom. The number of benzene rings is 1. The third-order valence-electron chi connectivity index (χ3n) is 4.50. The van der Waals surface area contributed by atoms with E-state index >= 15 is 0 Å². The quantitative estimate of drug-likeness (QED) is 0.661. The van der Waals surface area contributed by atoms with Crippen LogP contribution in [0.3, 0.4) is 0 Å². The van der Waals surface area contributed by atoms with E-state index in [0.717, 1.165) is 42.7 Å². The molecule has 2 aromatic rings. The first-order valence-electron chi connectivity index (χ1n) is 9.82. The van der Waals surface area contributed by atoms with Crippen LogP contribution in [0, 0.1) is 0 Å². The largest absolute Gasteiger partial charge is 0.460 e. The Morgan fingerprint density at radius 1 is 1.32 bits per heavy atom. The number of aromatic nitrogens is 1. The summed E-state index contributed by atoms with van der Waals surface area (Å²) in [4.78, 5) is 16.9. The molecule has 1 aromatic heterocycles. The van der Waals surface area contributed by atoms with Crippen LogP contribution >= 0.6 is 0 Å². The van der Waals surface area contributed by atoms with E-state index in [1.54, 1.807) is 6.26 Å². The van der Waals surface area contributed by atoms with Gasteiger partial charge in [-0.3, -0.25) is 4.79 Å². The zero-order chi connectivity index (χ0) is 20.1. The van der Waals surface area contributed by atoms with Crippen molar-refractivity contribution >= 4 is 5.97 Å². The number of carbonyl (C=O) groups is 1. The number of hydrogen-bond acceptors (Lipinski definition) is 6. The van der Waals surface area contributed by atoms with Gasteiger partial charge in [-0.05, 0) is 64.7 Å². The van der Waals surface area contributed by atoms with Gasteiger partial charge >= 0.3 is 5.97 Å². The molecule has 0 amide bonds. The molecule has 0 spiro atoms. The Hall–Kier alpha value is -2.18. The van der Waals surface area contributed by atoms with Crippen LogP contribution in [0.15, 0.2) is 34.9 Å². The minimum atomic E-state index is -0.511. The highest BCUT2D eigenvalue weighted by Gasteiger charge is 2.23. The fourth-order valence-corrected chi connectivity index (χ4v) is 2.99. The van der Waals surface area contributed by atoms with Gasteiger partial charge in [0.25, 0.3) is 0 Å². The molecule has 1 aromatic carbocycles. The number of hydrogen-bond donors (Lipinski definition) is 0. The van der Waals surface area contributed by atoms with Crippen molar-refractivity contribution in [1.29, 1.82) is 0 Å². The second-order valence-electron chi connectivity index (χ2n) is 8.13. The van der Waals surface area contributed by atoms with Crippen LogP contribution in [0.4, 0.5) is 0 Å². The number of ether oxygens (including phenoxy) is 3. The summed E-state index contributed by atoms with van der Waals surface area (Å²) in [5, 5.41) is 0. The van der Waals surface area contributed by atoms with Crippen molar-refractivity contribution < 1.29 is 23.4 Å². The van der Waals surface area contributed by atoms with Gasteiger partial charge in [-0.2, -0.15) is 0 Å². The van der Waals surface area contributed by atoms with E-state index in [1.165, 1.54) is 0 Å². The van der Waals surface area contributed by atoms with E-state index in [9.17, 15) is 4.79 Å². The van der Waals surface area contributed by atoms with Gasteiger partial charge in [-0.15, -0.1) is 0 Å². The summed E-state index contributed by atoms with van der Waals surface area (Å²) in [6.07, 6.45) is 4.56. The van der Waals surface area contributed by atoms with Gasteiger partial charge in [0, 0.05) is 12.2 Å². The van der Waals surface area contributed by atoms with Crippen molar-refractivity contribution in [3.63, 3.8) is 0 Å². The van der Waals surface area contributed by atoms with Crippen molar-refractivity contribution in [3.05, 3.63) is 41.8 Å². The van der Waals surface area contributed by atoms with E-state index in [0.29, 0.717) is 12.5 Å². The molecule has 0 aliphatic carbocycles. The minimum absolute atomic E-state index is 0.160. The van der Waals surface area contributed by atoms with Gasteiger partial charge in [-0.25, -0.2) is 4.98 Å². The van der Waals surface area contributed by atoms with Crippen LogP contribution in [0.1, 0.15) is 64.1 Å². The van der Waals surface area contributed by atoms with Gasteiger partial charge in [0.15, 0.2) is 6.29 Å². The molecule has 6 heteroatoms. The minimum Gasteiger partial charge on any atom is -0.460 e. The molecular formula is C22H29NO5. The lowest BCUT2D eigenvalue weighted by atomic mass is 9.99. The van der Waals surface area contributed by atoms with Crippen molar-refractivity contribution in [1.82, 2.24) is 4.98 Å². The maximum atomic E-state index is 12.4. The zero-order valence-corrected chi connectivity index (χ0v) is 17.1. The molecule has 1 saturated heterocycles. The molecule has 3 rings (SSSR count). The number of carbonyl (C=O) groups excluding carboxylic acids is 1. The van der Waals surface area contributed by atoms with E-state index < -0.39 is 5.60 Å². The molecule has 28 heavy (non-hydrogen) atoms. The summed E-state index contributed by atoms with van der Waals surface area (Å²) in [7, 11) is 0. The normalized spacial score (nSPS) is 18.6. The monoisotopic (exact) mass is 387 g/mol. The lowest BCUT2D eigenvalue weighted by Crippen LogP contribution is -2.26. The molecule has 6 nitrogen and oxygen atoms in total. The van der Waals surface area contributed by atoms with Crippen LogP contribution in [0.2, 0.25) is 0 Å². The summed E-state index contributed by atoms with van der Waals surface area (Å²) in [5.41, 5.74) is 1.88. The standard InChI is InChI=1S/C22H29NO5/c1-15(21(24)28-22(2,3)4)16-8-7-9-17(12-16)20-23-18(14-27-20)13-26-19-10-5-6-11-25-19/h7-9,12,14-15,19H,5-6,10-11,13H2,1-4H3. The second kappa shape index (κ2) is 8.88. The summed E-state index contributed by atoms with van der Waals surface area (Å²) in [6, 6.07) is 7.62. The number of rotatable bonds is 6. The Balaban J connectivity index is 1.65. The smallest absolute Gasteiger partial charge is 0.313 e. The van der Waals surface area contributed by atoms with Crippen LogP contribution in [-0.4, -0.2) is 29.5 Å². The second-order valence-corrected chi connectivity index (χ2v) is 8.13. The molecule has 1 aliphatic rings. The molecule has 1 fully saturated rings. The molecule has 0 saturated carbocycles. The molecule has 0 N–H and O–H groups in total. The average molecular weight is 387 g/mol. The zero-order valence-electron chi connectivity index (χ0n) is 17.1. The van der Waals surface area contributed by atoms with Crippen molar-refractivity contribution in [3.8, 4) is 11.5 Å². The number of nitrogens with zero attached hydrogens (tertiary/aromatic N) is 1. The van der Waals surface area contributed by atoms with Gasteiger partial charge in [0.2, 0.25) is 5.89 Å². The Bertz CT molecular complexity index is 786. The van der Waals surface area contributed by atoms with Crippen molar-refractivity contribution in [2.75, 3.05) is 6.61 Å². The molecular weight excluding hydrogens is 358 g/mol. The van der Waals surface area contributed by atoms with Gasteiger partial charge in [0.05, 0.1) is 12.5 Å². The lowest BCUT2D eigenvalue weighted by molar-refractivity contribution is -0.169. The first-order chi connectivity index (χ1) is 13.3. The average Bonchev–Trinajstić information content (AvgIpc) is 3.14. The van der Waals surface area contributed by atoms with E-state index in [4.69, 9.17) is 18.6 Å². The molecule has 2 heterocycles. The fraction of sp³-hybridized carbons (Fsp3) is 0.545. The van der Waals surface area contributed by atoms with Gasteiger partial charge in [-0.1, -0.05) is 12.1 Å². The first kappa shape index (κ1) is 20.6. The highest BCUT2D eigenvalue weighted by atomic mass is 16.7. The maximum absolute atomic E-state index is 12.4. The van der Waals surface area contributed by atoms with Crippen LogP contribution in [0.25, 0.3) is 11.5 Å². The molecule has 152 valence electrons. The highest BCUT2D eigenvalue weighted by Crippen LogP contribution is 2.26. The van der Waals surface area contributed by atoms with E-state index in [-0.39, 0.29) is 18.2 Å². The SMILES string of the molecule is CC(C(=O)OC(C)(C)C)c1cccc(-c2nc(COC3CCCCO3)co2)c1. The predicted octanol–water partition coefficient (Wildman–Crippen LogP) is 4.83. The third-order valence-corrected chi connectivity index (χ3v) is 4.50. The Labute approximate surface area is 166 Å². The van der Waals surface area contributed by atoms with Crippen molar-refractivity contribution in [2.45, 2.75) is 71.4 Å². The molecule has 1 aliphatic heterocycles. The molecule has 0 bridgehead atoms. The Morgan fingerprint density at radius 2 is 2.14 bits per heavy atom. The maximum Gasteiger partial charge on any atom is 0.313 e. The van der Waals surface area contributed by atoms with E-state index in [1.807, 2.05) is 52.0 Å². The van der Waals surface area contributed by atoms with Crippen LogP contribution in [0.5, 0.6) is 0 Å². The molecule has 0 radical (unpaired) electrons. The van der Waals surface area contributed by atoms with E-state index in [2.05, 4.69) is 4.98 Å². The molecule has 2 unspecified atom stereocenters. The van der Waals surface area contributed by atoms with Gasteiger partial charge < -0.3 is 18.6 Å². The first-order valence-corrected chi connectivity index (χ1v) is 9.82. The fourth-order valence-electron chi connectivity index (χ4n) is 2.99. The van der Waals surface area contributed by atoms with Gasteiger partial charge in [0.1, 0.15) is 17.6 Å². The summed E-state index contributed by atoms with van der Waals surface area (Å²) in [5.74, 6) is -0.125. The van der Waals surface area contributed by atoms with Crippen LogP contribution < -0.4 is 0 Å². The third kappa shape index (κ3) is 5.66. The topological polar surface area (TPSA) is 70.8 Å². The highest BCUT2D eigenvalue weighted by molar-refractivity contribution is 5.78. The number of esters is 1. The number of oxazole rings is 1. The predicted molar refractivity (Wildman–Crippen MR) is 105 cm³/mol. The Kier molecular flexibility index (Phi) is 6.52. The summed E-state index contributed by atoms with van der Waals surface area (Å²) in [6.45, 7) is 8.53.